The number of anilines is 1. The molecule has 1 aliphatic rings. The summed E-state index contributed by atoms with van der Waals surface area (Å²) >= 11 is 7.70. The predicted octanol–water partition coefficient (Wildman–Crippen LogP) is 5.28. The van der Waals surface area contributed by atoms with Gasteiger partial charge in [-0.05, 0) is 48.3 Å². The fourth-order valence-corrected chi connectivity index (χ4v) is 4.82. The second-order valence-corrected chi connectivity index (χ2v) is 9.16. The first-order valence-electron chi connectivity index (χ1n) is 10.3. The van der Waals surface area contributed by atoms with Gasteiger partial charge < -0.3 is 5.32 Å². The third-order valence-electron chi connectivity index (χ3n) is 5.74. The van der Waals surface area contributed by atoms with Crippen LogP contribution >= 0.6 is 23.1 Å². The van der Waals surface area contributed by atoms with E-state index in [2.05, 4.69) is 9.69 Å². The molecule has 4 aromatic rings. The highest BCUT2D eigenvalue weighted by atomic mass is 35.5. The molecule has 1 aromatic heterocycles. The number of benzene rings is 3. The molecule has 2 heterocycles. The van der Waals surface area contributed by atoms with Crippen LogP contribution < -0.4 is 5.32 Å². The second kappa shape index (κ2) is 8.42. The first-order chi connectivity index (χ1) is 15.9. The lowest BCUT2D eigenvalue weighted by Crippen LogP contribution is -2.38. The number of halogens is 1. The molecule has 5 rings (SSSR count). The molecule has 1 N–H and O–H groups in total. The summed E-state index contributed by atoms with van der Waals surface area (Å²) in [6, 6.07) is 17.7. The van der Waals surface area contributed by atoms with Gasteiger partial charge in [-0.1, -0.05) is 53.6 Å². The molecule has 0 aliphatic carbocycles. The van der Waals surface area contributed by atoms with E-state index in [1.54, 1.807) is 42.6 Å². The Hall–Kier alpha value is -3.55. The topological polar surface area (TPSA) is 79.4 Å². The van der Waals surface area contributed by atoms with Crippen LogP contribution in [0.5, 0.6) is 0 Å². The zero-order chi connectivity index (χ0) is 23.1. The standard InChI is InChI=1S/C25H18ClN3O3S/c1-14-6-8-15(9-7-14)19(13-29-24(31)17-4-2-3-5-18(17)25(29)32)23(30)28-21-11-22-16(10-20(21)26)12-27-33-22/h2-12,19H,13H2,1H3,(H,28,30). The van der Waals surface area contributed by atoms with Crippen LogP contribution in [0.2, 0.25) is 5.02 Å². The van der Waals surface area contributed by atoms with Crippen LogP contribution in [0, 0.1) is 6.92 Å². The van der Waals surface area contributed by atoms with Gasteiger partial charge in [-0.2, -0.15) is 4.37 Å². The summed E-state index contributed by atoms with van der Waals surface area (Å²) in [5.74, 6) is -1.93. The number of fused-ring (bicyclic) bond motifs is 2. The number of hydrogen-bond acceptors (Lipinski definition) is 5. The Morgan fingerprint density at radius 3 is 2.39 bits per heavy atom. The maximum atomic E-state index is 13.5. The van der Waals surface area contributed by atoms with Gasteiger partial charge in [-0.15, -0.1) is 0 Å². The molecule has 3 amide bonds. The normalized spacial score (nSPS) is 13.9. The zero-order valence-electron chi connectivity index (χ0n) is 17.5. The molecule has 1 atom stereocenters. The van der Waals surface area contributed by atoms with E-state index in [1.807, 2.05) is 31.2 Å². The molecule has 0 bridgehead atoms. The molecular formula is C25H18ClN3O3S. The average Bonchev–Trinajstić information content (AvgIpc) is 3.35. The summed E-state index contributed by atoms with van der Waals surface area (Å²) in [5, 5.41) is 4.17. The van der Waals surface area contributed by atoms with E-state index in [9.17, 15) is 14.4 Å². The van der Waals surface area contributed by atoms with Crippen molar-refractivity contribution in [2.45, 2.75) is 12.8 Å². The van der Waals surface area contributed by atoms with Gasteiger partial charge in [-0.3, -0.25) is 19.3 Å². The molecule has 33 heavy (non-hydrogen) atoms. The number of nitrogens with one attached hydrogen (secondary N) is 1. The van der Waals surface area contributed by atoms with E-state index >= 15 is 0 Å². The molecule has 6 nitrogen and oxygen atoms in total. The van der Waals surface area contributed by atoms with Gasteiger partial charge in [0, 0.05) is 18.1 Å². The number of hydrogen-bond donors (Lipinski definition) is 1. The highest BCUT2D eigenvalue weighted by Gasteiger charge is 2.38. The van der Waals surface area contributed by atoms with Crippen molar-refractivity contribution in [2.75, 3.05) is 11.9 Å². The number of imide groups is 1. The molecule has 0 saturated carbocycles. The van der Waals surface area contributed by atoms with Gasteiger partial charge in [0.1, 0.15) is 0 Å². The van der Waals surface area contributed by atoms with Crippen LogP contribution in [-0.2, 0) is 4.79 Å². The minimum Gasteiger partial charge on any atom is -0.324 e. The quantitative estimate of drug-likeness (QED) is 0.398. The molecule has 0 spiro atoms. The average molecular weight is 476 g/mol. The number of carbonyl (C=O) groups excluding carboxylic acids is 3. The number of amides is 3. The smallest absolute Gasteiger partial charge is 0.261 e. The number of aryl methyl sites for hydroxylation is 1. The monoisotopic (exact) mass is 475 g/mol. The van der Waals surface area contributed by atoms with Crippen molar-refractivity contribution in [1.82, 2.24) is 9.27 Å². The second-order valence-electron chi connectivity index (χ2n) is 7.91. The minimum absolute atomic E-state index is 0.0817. The van der Waals surface area contributed by atoms with Crippen molar-refractivity contribution in [3.8, 4) is 0 Å². The molecule has 164 valence electrons. The lowest BCUT2D eigenvalue weighted by molar-refractivity contribution is -0.117. The molecule has 0 saturated heterocycles. The SMILES string of the molecule is Cc1ccc(C(CN2C(=O)c3ccccc3C2=O)C(=O)Nc2cc3sncc3cc2Cl)cc1. The van der Waals surface area contributed by atoms with Crippen LogP contribution in [-0.4, -0.2) is 33.5 Å². The molecule has 1 unspecified atom stereocenters. The Labute approximate surface area is 199 Å². The Kier molecular flexibility index (Phi) is 5.44. The lowest BCUT2D eigenvalue weighted by atomic mass is 9.96. The number of rotatable bonds is 5. The van der Waals surface area contributed by atoms with Crippen molar-refractivity contribution in [3.05, 3.63) is 94.1 Å². The van der Waals surface area contributed by atoms with E-state index in [1.165, 1.54) is 11.5 Å². The van der Waals surface area contributed by atoms with E-state index in [-0.39, 0.29) is 12.5 Å². The van der Waals surface area contributed by atoms with Crippen molar-refractivity contribution >= 4 is 56.6 Å². The van der Waals surface area contributed by atoms with Crippen LogP contribution in [0.25, 0.3) is 10.1 Å². The Bertz CT molecular complexity index is 1380. The fraction of sp³-hybridized carbons (Fsp3) is 0.120. The van der Waals surface area contributed by atoms with Gasteiger partial charge in [-0.25, -0.2) is 0 Å². The van der Waals surface area contributed by atoms with E-state index in [4.69, 9.17) is 11.6 Å². The Morgan fingerprint density at radius 2 is 1.73 bits per heavy atom. The van der Waals surface area contributed by atoms with Crippen LogP contribution in [0.1, 0.15) is 37.8 Å². The van der Waals surface area contributed by atoms with E-state index in [0.29, 0.717) is 27.4 Å². The first kappa shape index (κ1) is 21.3. The molecule has 8 heteroatoms. The highest BCUT2D eigenvalue weighted by Crippen LogP contribution is 2.32. The summed E-state index contributed by atoms with van der Waals surface area (Å²) in [6.45, 7) is 1.87. The third kappa shape index (κ3) is 3.90. The molecule has 0 fully saturated rings. The Balaban J connectivity index is 1.47. The van der Waals surface area contributed by atoms with Crippen LogP contribution in [0.3, 0.4) is 0 Å². The van der Waals surface area contributed by atoms with Crippen molar-refractivity contribution < 1.29 is 14.4 Å². The van der Waals surface area contributed by atoms with Gasteiger partial charge in [0.05, 0.1) is 32.5 Å². The number of nitrogens with zero attached hydrogens (tertiary/aromatic N) is 2. The molecule has 3 aromatic carbocycles. The van der Waals surface area contributed by atoms with Crippen molar-refractivity contribution in [2.24, 2.45) is 0 Å². The maximum Gasteiger partial charge on any atom is 0.261 e. The lowest BCUT2D eigenvalue weighted by Gasteiger charge is -2.23. The van der Waals surface area contributed by atoms with Crippen LogP contribution in [0.4, 0.5) is 5.69 Å². The predicted molar refractivity (Wildman–Crippen MR) is 129 cm³/mol. The van der Waals surface area contributed by atoms with Crippen LogP contribution in [0.15, 0.2) is 66.9 Å². The minimum atomic E-state index is -0.777. The summed E-state index contributed by atoms with van der Waals surface area (Å²) in [5.41, 5.74) is 2.90. The zero-order valence-corrected chi connectivity index (χ0v) is 19.1. The van der Waals surface area contributed by atoms with Crippen molar-refractivity contribution in [1.29, 1.82) is 0 Å². The van der Waals surface area contributed by atoms with Gasteiger partial charge in [0.2, 0.25) is 5.91 Å². The number of aromatic nitrogens is 1. The van der Waals surface area contributed by atoms with Gasteiger partial charge in [0.15, 0.2) is 0 Å². The highest BCUT2D eigenvalue weighted by molar-refractivity contribution is 7.13. The summed E-state index contributed by atoms with van der Waals surface area (Å²) in [4.78, 5) is 40.5. The maximum absolute atomic E-state index is 13.5. The largest absolute Gasteiger partial charge is 0.324 e. The summed E-state index contributed by atoms with van der Waals surface area (Å²) < 4.78 is 5.04. The molecule has 0 radical (unpaired) electrons. The first-order valence-corrected chi connectivity index (χ1v) is 11.4. The molecular weight excluding hydrogens is 458 g/mol. The summed E-state index contributed by atoms with van der Waals surface area (Å²) in [6.07, 6.45) is 1.72. The fourth-order valence-electron chi connectivity index (χ4n) is 3.93. The van der Waals surface area contributed by atoms with E-state index < -0.39 is 17.7 Å². The van der Waals surface area contributed by atoms with Crippen molar-refractivity contribution in [3.63, 3.8) is 0 Å². The van der Waals surface area contributed by atoms with Gasteiger partial charge in [0.25, 0.3) is 11.8 Å². The molecule has 1 aliphatic heterocycles. The van der Waals surface area contributed by atoms with E-state index in [0.717, 1.165) is 20.5 Å². The third-order valence-corrected chi connectivity index (χ3v) is 6.81. The Morgan fingerprint density at radius 1 is 1.06 bits per heavy atom. The number of carbonyl (C=O) groups is 3. The summed E-state index contributed by atoms with van der Waals surface area (Å²) in [7, 11) is 0. The van der Waals surface area contributed by atoms with Gasteiger partial charge >= 0.3 is 0 Å².